The van der Waals surface area contributed by atoms with Gasteiger partial charge in [0.1, 0.15) is 0 Å². The monoisotopic (exact) mass is 346 g/mol. The lowest BCUT2D eigenvalue weighted by Crippen LogP contribution is -2.16. The molecule has 20 heavy (non-hydrogen) atoms. The zero-order valence-corrected chi connectivity index (χ0v) is 13.0. The standard InChI is InChI=1S/C15H13BrN3S/c16-12-6-4-11(5-7-12)14-9-18-15(19-14)20-10-13-3-1-2-8-17-13/h1-9,17H,10H2,(H,18,19). The lowest BCUT2D eigenvalue weighted by molar-refractivity contribution is 0.932. The molecule has 0 bridgehead atoms. The number of H-pyrrole nitrogens is 1. The minimum atomic E-state index is 0.869. The Labute approximate surface area is 130 Å². The largest absolute Gasteiger partial charge is 0.379 e. The maximum atomic E-state index is 4.60. The molecule has 3 rings (SSSR count). The summed E-state index contributed by atoms with van der Waals surface area (Å²) in [6.45, 7) is 0. The highest BCUT2D eigenvalue weighted by Gasteiger charge is 2.09. The number of imidazole rings is 1. The van der Waals surface area contributed by atoms with Gasteiger partial charge in [-0.3, -0.25) is 0 Å². The van der Waals surface area contributed by atoms with Gasteiger partial charge in [-0.15, -0.1) is 0 Å². The number of aromatic amines is 1. The third-order valence-electron chi connectivity index (χ3n) is 2.83. The SMILES string of the molecule is Brc1ccc(-c2c[nH]c(SC[C]3C=CC=CN3)n2)cc1. The summed E-state index contributed by atoms with van der Waals surface area (Å²) in [6.07, 6.45) is 9.96. The maximum Gasteiger partial charge on any atom is 0.166 e. The quantitative estimate of drug-likeness (QED) is 0.817. The lowest BCUT2D eigenvalue weighted by atomic mass is 10.2. The van der Waals surface area contributed by atoms with Gasteiger partial charge in [0, 0.05) is 22.0 Å². The van der Waals surface area contributed by atoms with Gasteiger partial charge in [-0.25, -0.2) is 4.98 Å². The predicted octanol–water partition coefficient (Wildman–Crippen LogP) is 4.14. The van der Waals surface area contributed by atoms with Crippen molar-refractivity contribution in [3.63, 3.8) is 0 Å². The summed E-state index contributed by atoms with van der Waals surface area (Å²) in [7, 11) is 0. The molecule has 101 valence electrons. The van der Waals surface area contributed by atoms with Gasteiger partial charge in [0.15, 0.2) is 5.16 Å². The Morgan fingerprint density at radius 1 is 1.15 bits per heavy atom. The molecule has 1 radical (unpaired) electrons. The van der Waals surface area contributed by atoms with Gasteiger partial charge in [-0.05, 0) is 24.4 Å². The zero-order chi connectivity index (χ0) is 13.8. The van der Waals surface area contributed by atoms with Crippen molar-refractivity contribution in [2.24, 2.45) is 0 Å². The van der Waals surface area contributed by atoms with Crippen LogP contribution in [0.2, 0.25) is 0 Å². The Balaban J connectivity index is 1.63. The summed E-state index contributed by atoms with van der Waals surface area (Å²) in [5.74, 6) is 0.869. The second-order valence-electron chi connectivity index (χ2n) is 4.27. The van der Waals surface area contributed by atoms with Crippen LogP contribution in [0.15, 0.2) is 64.5 Å². The van der Waals surface area contributed by atoms with Crippen molar-refractivity contribution in [1.29, 1.82) is 0 Å². The fraction of sp³-hybridized carbons (Fsp3) is 0.0667. The molecule has 0 saturated heterocycles. The average molecular weight is 347 g/mol. The van der Waals surface area contributed by atoms with E-state index in [4.69, 9.17) is 0 Å². The van der Waals surface area contributed by atoms with Crippen molar-refractivity contribution in [3.05, 3.63) is 65.4 Å². The van der Waals surface area contributed by atoms with E-state index < -0.39 is 0 Å². The number of halogens is 1. The Kier molecular flexibility index (Phi) is 4.28. The first-order valence-electron chi connectivity index (χ1n) is 6.21. The third kappa shape index (κ3) is 3.35. The molecule has 0 atom stereocenters. The highest BCUT2D eigenvalue weighted by molar-refractivity contribution is 9.10. The van der Waals surface area contributed by atoms with E-state index in [1.165, 1.54) is 6.04 Å². The van der Waals surface area contributed by atoms with E-state index in [0.717, 1.165) is 26.6 Å². The zero-order valence-electron chi connectivity index (χ0n) is 10.6. The first-order chi connectivity index (χ1) is 9.81. The molecule has 0 amide bonds. The molecule has 1 aromatic carbocycles. The van der Waals surface area contributed by atoms with E-state index in [1.807, 2.05) is 36.7 Å². The van der Waals surface area contributed by atoms with Crippen molar-refractivity contribution in [2.75, 3.05) is 5.75 Å². The van der Waals surface area contributed by atoms with Crippen LogP contribution in [0.5, 0.6) is 0 Å². The van der Waals surface area contributed by atoms with Crippen LogP contribution in [0.1, 0.15) is 0 Å². The number of dihydropyridines is 1. The molecule has 0 aliphatic carbocycles. The summed E-state index contributed by atoms with van der Waals surface area (Å²) in [5, 5.41) is 4.15. The van der Waals surface area contributed by atoms with E-state index in [0.29, 0.717) is 0 Å². The van der Waals surface area contributed by atoms with Crippen LogP contribution in [0.25, 0.3) is 11.3 Å². The minimum Gasteiger partial charge on any atom is -0.379 e. The van der Waals surface area contributed by atoms with Crippen molar-refractivity contribution in [1.82, 2.24) is 15.3 Å². The van der Waals surface area contributed by atoms with E-state index in [2.05, 4.69) is 49.4 Å². The van der Waals surface area contributed by atoms with Crippen LogP contribution in [0.4, 0.5) is 0 Å². The fourth-order valence-corrected chi connectivity index (χ4v) is 2.85. The second kappa shape index (κ2) is 6.33. The molecule has 1 aromatic heterocycles. The summed E-state index contributed by atoms with van der Waals surface area (Å²) in [4.78, 5) is 7.82. The molecule has 1 aliphatic heterocycles. The molecular weight excluding hydrogens is 334 g/mol. The number of rotatable bonds is 4. The van der Waals surface area contributed by atoms with E-state index in [9.17, 15) is 0 Å². The normalized spacial score (nSPS) is 14.4. The average Bonchev–Trinajstić information content (AvgIpc) is 2.96. The number of allylic oxidation sites excluding steroid dienone is 2. The van der Waals surface area contributed by atoms with E-state index in [1.54, 1.807) is 11.8 Å². The van der Waals surface area contributed by atoms with Crippen LogP contribution >= 0.6 is 27.7 Å². The van der Waals surface area contributed by atoms with Gasteiger partial charge in [0.2, 0.25) is 0 Å². The number of aromatic nitrogens is 2. The van der Waals surface area contributed by atoms with Gasteiger partial charge in [-0.1, -0.05) is 52.0 Å². The molecule has 2 heterocycles. The summed E-state index contributed by atoms with van der Waals surface area (Å²) in [5.41, 5.74) is 2.08. The molecule has 2 N–H and O–H groups in total. The summed E-state index contributed by atoms with van der Waals surface area (Å²) in [6, 6.07) is 9.34. The molecule has 1 aliphatic rings. The maximum absolute atomic E-state index is 4.60. The number of benzene rings is 1. The van der Waals surface area contributed by atoms with Gasteiger partial charge in [0.05, 0.1) is 11.7 Å². The Morgan fingerprint density at radius 2 is 2.00 bits per heavy atom. The smallest absolute Gasteiger partial charge is 0.166 e. The molecule has 2 aromatic rings. The van der Waals surface area contributed by atoms with Crippen molar-refractivity contribution in [3.8, 4) is 11.3 Å². The Hall–Kier alpha value is -1.46. The highest BCUT2D eigenvalue weighted by Crippen LogP contribution is 2.24. The van der Waals surface area contributed by atoms with Gasteiger partial charge in [0.25, 0.3) is 0 Å². The number of thioether (sulfide) groups is 1. The Bertz CT molecular complexity index is 631. The first-order valence-corrected chi connectivity index (χ1v) is 7.99. The third-order valence-corrected chi connectivity index (χ3v) is 4.30. The van der Waals surface area contributed by atoms with Gasteiger partial charge < -0.3 is 10.3 Å². The predicted molar refractivity (Wildman–Crippen MR) is 87.1 cm³/mol. The van der Waals surface area contributed by atoms with Crippen LogP contribution in [-0.2, 0) is 0 Å². The molecule has 0 spiro atoms. The molecule has 0 saturated carbocycles. The number of hydrogen-bond donors (Lipinski definition) is 2. The van der Waals surface area contributed by atoms with E-state index in [-0.39, 0.29) is 0 Å². The Morgan fingerprint density at radius 3 is 2.75 bits per heavy atom. The molecular formula is C15H13BrN3S. The van der Waals surface area contributed by atoms with Gasteiger partial charge in [-0.2, -0.15) is 0 Å². The van der Waals surface area contributed by atoms with Crippen molar-refractivity contribution >= 4 is 27.7 Å². The van der Waals surface area contributed by atoms with Gasteiger partial charge >= 0.3 is 0 Å². The molecule has 3 nitrogen and oxygen atoms in total. The summed E-state index contributed by atoms with van der Waals surface area (Å²) >= 11 is 5.12. The minimum absolute atomic E-state index is 0.869. The fourth-order valence-electron chi connectivity index (χ4n) is 1.81. The number of nitrogens with zero attached hydrogens (tertiary/aromatic N) is 1. The number of nitrogens with one attached hydrogen (secondary N) is 2. The molecule has 0 unspecified atom stereocenters. The number of hydrogen-bond acceptors (Lipinski definition) is 3. The second-order valence-corrected chi connectivity index (χ2v) is 6.15. The lowest BCUT2D eigenvalue weighted by Gasteiger charge is -2.12. The van der Waals surface area contributed by atoms with Crippen LogP contribution < -0.4 is 5.32 Å². The van der Waals surface area contributed by atoms with Crippen LogP contribution in [0, 0.1) is 6.04 Å². The van der Waals surface area contributed by atoms with Crippen molar-refractivity contribution < 1.29 is 0 Å². The first kappa shape index (κ1) is 13.5. The van der Waals surface area contributed by atoms with Crippen LogP contribution in [-0.4, -0.2) is 15.7 Å². The van der Waals surface area contributed by atoms with Crippen molar-refractivity contribution in [2.45, 2.75) is 5.16 Å². The van der Waals surface area contributed by atoms with Crippen LogP contribution in [0.3, 0.4) is 0 Å². The van der Waals surface area contributed by atoms with E-state index >= 15 is 0 Å². The highest BCUT2D eigenvalue weighted by atomic mass is 79.9. The topological polar surface area (TPSA) is 40.7 Å². The molecule has 5 heteroatoms. The molecule has 0 fully saturated rings. The summed E-state index contributed by atoms with van der Waals surface area (Å²) < 4.78 is 1.07.